The van der Waals surface area contributed by atoms with E-state index in [0.717, 1.165) is 24.1 Å². The van der Waals surface area contributed by atoms with Crippen LogP contribution in [0.3, 0.4) is 0 Å². The van der Waals surface area contributed by atoms with Gasteiger partial charge in [-0.3, -0.25) is 4.90 Å². The average molecular weight is 307 g/mol. The van der Waals surface area contributed by atoms with E-state index in [1.54, 1.807) is 0 Å². The van der Waals surface area contributed by atoms with Gasteiger partial charge >= 0.3 is 0 Å². The van der Waals surface area contributed by atoms with Gasteiger partial charge in [0, 0.05) is 24.6 Å². The van der Waals surface area contributed by atoms with Gasteiger partial charge in [0.1, 0.15) is 0 Å². The molecule has 1 heterocycles. The number of rotatable bonds is 4. The van der Waals surface area contributed by atoms with E-state index in [0.29, 0.717) is 12.2 Å². The van der Waals surface area contributed by atoms with Gasteiger partial charge in [-0.05, 0) is 31.2 Å². The number of sulfone groups is 1. The third kappa shape index (κ3) is 4.85. The van der Waals surface area contributed by atoms with Gasteiger partial charge in [0.2, 0.25) is 0 Å². The highest BCUT2D eigenvalue weighted by atomic mass is 32.2. The second kappa shape index (κ2) is 7.08. The van der Waals surface area contributed by atoms with Crippen LogP contribution in [0.4, 0.5) is 0 Å². The zero-order valence-corrected chi connectivity index (χ0v) is 13.1. The molecule has 0 amide bonds. The second-order valence-electron chi connectivity index (χ2n) is 5.44. The highest BCUT2D eigenvalue weighted by Crippen LogP contribution is 2.18. The van der Waals surface area contributed by atoms with Gasteiger partial charge in [-0.25, -0.2) is 8.42 Å². The van der Waals surface area contributed by atoms with Crippen LogP contribution in [0.5, 0.6) is 0 Å². The van der Waals surface area contributed by atoms with Crippen molar-refractivity contribution in [2.75, 3.05) is 25.2 Å². The standard InChI is InChI=1S/C16H21NO3S/c1-17(16-9-11-21(19,20)13-16)12-15-7-5-14(6-8-15)4-2-3-10-18/h5-8,16,18H,3,9-13H2,1H3. The third-order valence-electron chi connectivity index (χ3n) is 3.69. The van der Waals surface area contributed by atoms with Crippen LogP contribution in [-0.4, -0.2) is 49.6 Å². The minimum Gasteiger partial charge on any atom is -0.395 e. The van der Waals surface area contributed by atoms with Crippen LogP contribution < -0.4 is 0 Å². The molecule has 0 spiro atoms. The minimum atomic E-state index is -2.83. The Hall–Kier alpha value is -1.35. The topological polar surface area (TPSA) is 57.6 Å². The molecule has 1 fully saturated rings. The van der Waals surface area contributed by atoms with Gasteiger partial charge in [-0.1, -0.05) is 24.0 Å². The highest BCUT2D eigenvalue weighted by Gasteiger charge is 2.30. The maximum Gasteiger partial charge on any atom is 0.151 e. The molecule has 1 aliphatic heterocycles. The summed E-state index contributed by atoms with van der Waals surface area (Å²) in [6, 6.07) is 8.07. The van der Waals surface area contributed by atoms with Gasteiger partial charge in [0.15, 0.2) is 9.84 Å². The molecule has 1 atom stereocenters. The maximum atomic E-state index is 11.5. The molecule has 1 unspecified atom stereocenters. The normalized spacial score (nSPS) is 20.2. The second-order valence-corrected chi connectivity index (χ2v) is 7.67. The molecule has 0 aliphatic carbocycles. The number of benzene rings is 1. The Morgan fingerprint density at radius 3 is 2.62 bits per heavy atom. The molecule has 0 radical (unpaired) electrons. The van der Waals surface area contributed by atoms with Crippen LogP contribution in [0.15, 0.2) is 24.3 Å². The van der Waals surface area contributed by atoms with E-state index in [1.807, 2.05) is 31.3 Å². The van der Waals surface area contributed by atoms with Crippen LogP contribution in [0.25, 0.3) is 0 Å². The van der Waals surface area contributed by atoms with Crippen LogP contribution in [0.2, 0.25) is 0 Å². The van der Waals surface area contributed by atoms with E-state index in [1.165, 1.54) is 0 Å². The molecule has 1 N–H and O–H groups in total. The molecule has 1 saturated heterocycles. The molecular formula is C16H21NO3S. The predicted molar refractivity (Wildman–Crippen MR) is 83.5 cm³/mol. The number of hydrogen-bond acceptors (Lipinski definition) is 4. The molecule has 0 saturated carbocycles. The highest BCUT2D eigenvalue weighted by molar-refractivity contribution is 7.91. The van der Waals surface area contributed by atoms with Gasteiger partial charge in [0.25, 0.3) is 0 Å². The van der Waals surface area contributed by atoms with Gasteiger partial charge < -0.3 is 5.11 Å². The molecule has 1 aromatic rings. The van der Waals surface area contributed by atoms with Crippen LogP contribution >= 0.6 is 0 Å². The molecular weight excluding hydrogens is 286 g/mol. The van der Waals surface area contributed by atoms with E-state index in [9.17, 15) is 8.42 Å². The van der Waals surface area contributed by atoms with E-state index < -0.39 is 9.84 Å². The molecule has 114 valence electrons. The number of hydrogen-bond donors (Lipinski definition) is 1. The monoisotopic (exact) mass is 307 g/mol. The first-order chi connectivity index (χ1) is 10.00. The molecule has 2 rings (SSSR count). The molecule has 21 heavy (non-hydrogen) atoms. The molecule has 1 aromatic carbocycles. The third-order valence-corrected chi connectivity index (χ3v) is 5.44. The van der Waals surface area contributed by atoms with Crippen molar-refractivity contribution in [3.63, 3.8) is 0 Å². The van der Waals surface area contributed by atoms with E-state index in [2.05, 4.69) is 16.7 Å². The molecule has 5 heteroatoms. The van der Waals surface area contributed by atoms with Gasteiger partial charge in [-0.2, -0.15) is 0 Å². The quantitative estimate of drug-likeness (QED) is 0.845. The summed E-state index contributed by atoms with van der Waals surface area (Å²) >= 11 is 0. The fourth-order valence-electron chi connectivity index (χ4n) is 2.45. The lowest BCUT2D eigenvalue weighted by molar-refractivity contribution is 0.254. The first kappa shape index (κ1) is 16.0. The number of aliphatic hydroxyl groups is 1. The van der Waals surface area contributed by atoms with Crippen molar-refractivity contribution in [2.45, 2.75) is 25.4 Å². The molecule has 0 bridgehead atoms. The zero-order chi connectivity index (χ0) is 15.3. The summed E-state index contributed by atoms with van der Waals surface area (Å²) in [4.78, 5) is 2.11. The first-order valence-corrected chi connectivity index (χ1v) is 8.91. The number of aliphatic hydroxyl groups excluding tert-OH is 1. The Bertz CT molecular complexity index is 626. The molecule has 4 nitrogen and oxygen atoms in total. The van der Waals surface area contributed by atoms with Crippen LogP contribution in [0, 0.1) is 11.8 Å². The van der Waals surface area contributed by atoms with Crippen molar-refractivity contribution in [1.29, 1.82) is 0 Å². The lowest BCUT2D eigenvalue weighted by atomic mass is 10.1. The van der Waals surface area contributed by atoms with E-state index in [-0.39, 0.29) is 18.4 Å². The summed E-state index contributed by atoms with van der Waals surface area (Å²) in [6.07, 6.45) is 1.21. The predicted octanol–water partition coefficient (Wildman–Crippen LogP) is 1.04. The van der Waals surface area contributed by atoms with Crippen molar-refractivity contribution < 1.29 is 13.5 Å². The summed E-state index contributed by atoms with van der Waals surface area (Å²) in [5.41, 5.74) is 2.08. The first-order valence-electron chi connectivity index (χ1n) is 7.09. The lowest BCUT2D eigenvalue weighted by Gasteiger charge is -2.23. The Balaban J connectivity index is 1.93. The number of nitrogens with zero attached hydrogens (tertiary/aromatic N) is 1. The Labute approximate surface area is 126 Å². The lowest BCUT2D eigenvalue weighted by Crippen LogP contribution is -2.32. The van der Waals surface area contributed by atoms with E-state index >= 15 is 0 Å². The van der Waals surface area contributed by atoms with Crippen molar-refractivity contribution in [1.82, 2.24) is 4.90 Å². The summed E-state index contributed by atoms with van der Waals surface area (Å²) in [6.45, 7) is 0.824. The van der Waals surface area contributed by atoms with Gasteiger partial charge in [-0.15, -0.1) is 0 Å². The molecule has 0 aromatic heterocycles. The summed E-state index contributed by atoms with van der Waals surface area (Å²) in [5.74, 6) is 6.46. The van der Waals surface area contributed by atoms with Crippen molar-refractivity contribution >= 4 is 9.84 Å². The fourth-order valence-corrected chi connectivity index (χ4v) is 4.26. The Morgan fingerprint density at radius 1 is 1.33 bits per heavy atom. The summed E-state index contributed by atoms with van der Waals surface area (Å²) in [5, 5.41) is 8.68. The smallest absolute Gasteiger partial charge is 0.151 e. The fraction of sp³-hybridized carbons (Fsp3) is 0.500. The van der Waals surface area contributed by atoms with Crippen LogP contribution in [0.1, 0.15) is 24.0 Å². The summed E-state index contributed by atoms with van der Waals surface area (Å²) in [7, 11) is -0.860. The van der Waals surface area contributed by atoms with Crippen molar-refractivity contribution in [3.05, 3.63) is 35.4 Å². The van der Waals surface area contributed by atoms with Gasteiger partial charge in [0.05, 0.1) is 18.1 Å². The van der Waals surface area contributed by atoms with Crippen LogP contribution in [-0.2, 0) is 16.4 Å². The largest absolute Gasteiger partial charge is 0.395 e. The molecule has 1 aliphatic rings. The van der Waals surface area contributed by atoms with Crippen molar-refractivity contribution in [3.8, 4) is 11.8 Å². The van der Waals surface area contributed by atoms with Crippen molar-refractivity contribution in [2.24, 2.45) is 0 Å². The zero-order valence-electron chi connectivity index (χ0n) is 12.2. The SMILES string of the molecule is CN(Cc1ccc(C#CCCO)cc1)C1CCS(=O)(=O)C1. The minimum absolute atomic E-state index is 0.0835. The maximum absolute atomic E-state index is 11.5. The van der Waals surface area contributed by atoms with E-state index in [4.69, 9.17) is 5.11 Å². The average Bonchev–Trinajstić information content (AvgIpc) is 2.81. The summed E-state index contributed by atoms with van der Waals surface area (Å²) < 4.78 is 23.0. The Morgan fingerprint density at radius 2 is 2.05 bits per heavy atom. The Kier molecular flexibility index (Phi) is 5.40.